The maximum absolute atomic E-state index is 12.8. The zero-order chi connectivity index (χ0) is 19.5. The van der Waals surface area contributed by atoms with Crippen LogP contribution in [-0.2, 0) is 11.3 Å². The van der Waals surface area contributed by atoms with Crippen LogP contribution in [0.25, 0.3) is 16.6 Å². The van der Waals surface area contributed by atoms with Gasteiger partial charge in [-0.2, -0.15) is 0 Å². The van der Waals surface area contributed by atoms with Gasteiger partial charge >= 0.3 is 0 Å². The van der Waals surface area contributed by atoms with Crippen molar-refractivity contribution >= 4 is 34.2 Å². The molecule has 0 saturated carbocycles. The van der Waals surface area contributed by atoms with Gasteiger partial charge in [0.1, 0.15) is 0 Å². The van der Waals surface area contributed by atoms with Gasteiger partial charge in [0.2, 0.25) is 5.91 Å². The Labute approximate surface area is 168 Å². The van der Waals surface area contributed by atoms with Gasteiger partial charge in [-0.15, -0.1) is 10.2 Å². The van der Waals surface area contributed by atoms with E-state index in [-0.39, 0.29) is 5.91 Å². The van der Waals surface area contributed by atoms with Crippen molar-refractivity contribution in [2.75, 3.05) is 12.3 Å². The van der Waals surface area contributed by atoms with Crippen LogP contribution in [0.5, 0.6) is 0 Å². The van der Waals surface area contributed by atoms with Crippen LogP contribution in [0.2, 0.25) is 0 Å². The molecule has 1 amide bonds. The summed E-state index contributed by atoms with van der Waals surface area (Å²) in [5.41, 5.74) is 4.18. The molecule has 0 radical (unpaired) electrons. The highest BCUT2D eigenvalue weighted by Gasteiger charge is 2.16. The summed E-state index contributed by atoms with van der Waals surface area (Å²) in [5, 5.41) is 10.6. The minimum atomic E-state index is 0.101. The first-order valence-corrected chi connectivity index (χ1v) is 10.3. The average molecular weight is 391 g/mol. The van der Waals surface area contributed by atoms with Gasteiger partial charge in [-0.1, -0.05) is 60.3 Å². The van der Waals surface area contributed by atoms with Gasteiger partial charge in [0.25, 0.3) is 0 Å². The van der Waals surface area contributed by atoms with Gasteiger partial charge in [0.05, 0.1) is 11.3 Å². The van der Waals surface area contributed by atoms with Gasteiger partial charge in [0, 0.05) is 18.5 Å². The summed E-state index contributed by atoms with van der Waals surface area (Å²) in [6.07, 6.45) is 0. The number of thioether (sulfide) groups is 1. The molecule has 0 bridgehead atoms. The SMILES string of the molecule is CCN(Cc1ccccc1)C(=O)CSc1nnc2cc(C)c3ccccc3n12. The molecule has 142 valence electrons. The van der Waals surface area contributed by atoms with Crippen molar-refractivity contribution in [3.8, 4) is 0 Å². The van der Waals surface area contributed by atoms with E-state index in [1.54, 1.807) is 0 Å². The van der Waals surface area contributed by atoms with Gasteiger partial charge in [-0.3, -0.25) is 9.20 Å². The van der Waals surface area contributed by atoms with Crippen LogP contribution in [0.1, 0.15) is 18.1 Å². The molecular weight excluding hydrogens is 368 g/mol. The Hall–Kier alpha value is -2.86. The van der Waals surface area contributed by atoms with Crippen LogP contribution in [-0.4, -0.2) is 37.7 Å². The lowest BCUT2D eigenvalue weighted by Gasteiger charge is -2.20. The minimum absolute atomic E-state index is 0.101. The van der Waals surface area contributed by atoms with E-state index >= 15 is 0 Å². The quantitative estimate of drug-likeness (QED) is 0.460. The Morgan fingerprint density at radius 3 is 2.61 bits per heavy atom. The van der Waals surface area contributed by atoms with Gasteiger partial charge in [-0.05, 0) is 37.1 Å². The van der Waals surface area contributed by atoms with E-state index in [0.29, 0.717) is 18.8 Å². The van der Waals surface area contributed by atoms with E-state index in [2.05, 4.69) is 29.3 Å². The maximum atomic E-state index is 12.8. The second kappa shape index (κ2) is 8.02. The molecule has 2 aromatic heterocycles. The lowest BCUT2D eigenvalue weighted by Crippen LogP contribution is -2.31. The van der Waals surface area contributed by atoms with Crippen molar-refractivity contribution in [3.63, 3.8) is 0 Å². The number of para-hydroxylation sites is 1. The van der Waals surface area contributed by atoms with Crippen molar-refractivity contribution in [3.05, 3.63) is 71.8 Å². The highest BCUT2D eigenvalue weighted by atomic mass is 32.2. The molecule has 0 aliphatic rings. The van der Waals surface area contributed by atoms with E-state index in [1.165, 1.54) is 22.7 Å². The molecular formula is C22H22N4OS. The number of fused-ring (bicyclic) bond motifs is 3. The summed E-state index contributed by atoms with van der Waals surface area (Å²) >= 11 is 1.44. The van der Waals surface area contributed by atoms with Crippen LogP contribution < -0.4 is 0 Å². The second-order valence-electron chi connectivity index (χ2n) is 6.70. The van der Waals surface area contributed by atoms with E-state index < -0.39 is 0 Å². The minimum Gasteiger partial charge on any atom is -0.338 e. The fraction of sp³-hybridized carbons (Fsp3) is 0.227. The van der Waals surface area contributed by atoms with E-state index in [0.717, 1.165) is 21.9 Å². The van der Waals surface area contributed by atoms with Crippen LogP contribution in [0.15, 0.2) is 65.8 Å². The molecule has 0 unspecified atom stereocenters. The number of amides is 1. The molecule has 0 N–H and O–H groups in total. The number of hydrogen-bond donors (Lipinski definition) is 0. The molecule has 6 heteroatoms. The van der Waals surface area contributed by atoms with E-state index in [4.69, 9.17) is 0 Å². The molecule has 0 spiro atoms. The van der Waals surface area contributed by atoms with Crippen molar-refractivity contribution < 1.29 is 4.79 Å². The third kappa shape index (κ3) is 3.60. The third-order valence-electron chi connectivity index (χ3n) is 4.85. The van der Waals surface area contributed by atoms with Crippen LogP contribution in [0.3, 0.4) is 0 Å². The van der Waals surface area contributed by atoms with Crippen molar-refractivity contribution in [1.29, 1.82) is 0 Å². The first-order valence-electron chi connectivity index (χ1n) is 9.35. The molecule has 0 fully saturated rings. The number of benzene rings is 2. The van der Waals surface area contributed by atoms with Gasteiger partial charge in [0.15, 0.2) is 10.8 Å². The first kappa shape index (κ1) is 18.5. The zero-order valence-corrected chi connectivity index (χ0v) is 16.8. The average Bonchev–Trinajstić information content (AvgIpc) is 3.14. The summed E-state index contributed by atoms with van der Waals surface area (Å²) in [7, 11) is 0. The lowest BCUT2D eigenvalue weighted by atomic mass is 10.1. The highest BCUT2D eigenvalue weighted by molar-refractivity contribution is 7.99. The highest BCUT2D eigenvalue weighted by Crippen LogP contribution is 2.26. The van der Waals surface area contributed by atoms with Crippen molar-refractivity contribution in [2.45, 2.75) is 25.5 Å². The standard InChI is InChI=1S/C22H22N4OS/c1-3-25(14-17-9-5-4-6-10-17)21(27)15-28-22-24-23-20-13-16(2)18-11-7-8-12-19(18)26(20)22/h4-13H,3,14-15H2,1-2H3. The monoisotopic (exact) mass is 390 g/mol. The summed E-state index contributed by atoms with van der Waals surface area (Å²) in [4.78, 5) is 14.6. The number of carbonyl (C=O) groups is 1. The lowest BCUT2D eigenvalue weighted by molar-refractivity contribution is -0.128. The number of aryl methyl sites for hydroxylation is 1. The maximum Gasteiger partial charge on any atom is 0.233 e. The normalized spacial score (nSPS) is 11.2. The fourth-order valence-corrected chi connectivity index (χ4v) is 4.22. The molecule has 0 atom stereocenters. The zero-order valence-electron chi connectivity index (χ0n) is 16.0. The molecule has 28 heavy (non-hydrogen) atoms. The number of pyridine rings is 1. The van der Waals surface area contributed by atoms with Crippen LogP contribution >= 0.6 is 11.8 Å². The topological polar surface area (TPSA) is 50.5 Å². The van der Waals surface area contributed by atoms with Crippen LogP contribution in [0.4, 0.5) is 0 Å². The van der Waals surface area contributed by atoms with Crippen molar-refractivity contribution in [2.24, 2.45) is 0 Å². The Bertz CT molecular complexity index is 1120. The van der Waals surface area contributed by atoms with E-state index in [1.807, 2.05) is 64.8 Å². The van der Waals surface area contributed by atoms with E-state index in [9.17, 15) is 4.79 Å². The molecule has 5 nitrogen and oxygen atoms in total. The second-order valence-corrected chi connectivity index (χ2v) is 7.65. The Balaban J connectivity index is 1.55. The number of carbonyl (C=O) groups excluding carboxylic acids is 1. The predicted molar refractivity (Wildman–Crippen MR) is 113 cm³/mol. The molecule has 0 aliphatic heterocycles. The smallest absolute Gasteiger partial charge is 0.233 e. The molecule has 4 aromatic rings. The Kier molecular flexibility index (Phi) is 5.30. The predicted octanol–water partition coefficient (Wildman–Crippen LogP) is 4.33. The first-order chi connectivity index (χ1) is 13.7. The largest absolute Gasteiger partial charge is 0.338 e. The van der Waals surface area contributed by atoms with Gasteiger partial charge in [-0.25, -0.2) is 0 Å². The number of aromatic nitrogens is 3. The molecule has 0 aliphatic carbocycles. The van der Waals surface area contributed by atoms with Crippen molar-refractivity contribution in [1.82, 2.24) is 19.5 Å². The third-order valence-corrected chi connectivity index (χ3v) is 5.76. The number of rotatable bonds is 6. The fourth-order valence-electron chi connectivity index (χ4n) is 3.37. The Morgan fingerprint density at radius 1 is 1.07 bits per heavy atom. The number of hydrogen-bond acceptors (Lipinski definition) is 4. The molecule has 2 aromatic carbocycles. The summed E-state index contributed by atoms with van der Waals surface area (Å²) in [6.45, 7) is 5.39. The summed E-state index contributed by atoms with van der Waals surface area (Å²) in [6, 6.07) is 20.3. The van der Waals surface area contributed by atoms with Crippen LogP contribution in [0, 0.1) is 6.92 Å². The summed E-state index contributed by atoms with van der Waals surface area (Å²) < 4.78 is 2.04. The molecule has 4 rings (SSSR count). The summed E-state index contributed by atoms with van der Waals surface area (Å²) in [5.74, 6) is 0.438. The molecule has 0 saturated heterocycles. The number of nitrogens with zero attached hydrogens (tertiary/aromatic N) is 4. The molecule has 2 heterocycles. The Morgan fingerprint density at radius 2 is 1.82 bits per heavy atom. The van der Waals surface area contributed by atoms with Gasteiger partial charge < -0.3 is 4.90 Å².